The number of halogens is 2. The molecule has 4 nitrogen and oxygen atoms in total. The van der Waals surface area contributed by atoms with Crippen LogP contribution in [0.15, 0.2) is 12.1 Å². The molecule has 0 aliphatic rings. The molecule has 0 heterocycles. The monoisotopic (exact) mass is 241 g/mol. The van der Waals surface area contributed by atoms with Gasteiger partial charge in [-0.05, 0) is 24.1 Å². The molecule has 6 heteroatoms. The Bertz CT molecular complexity index is 480. The molecule has 0 aliphatic carbocycles. The van der Waals surface area contributed by atoms with Crippen molar-refractivity contribution in [1.82, 2.24) is 0 Å². The summed E-state index contributed by atoms with van der Waals surface area (Å²) in [5.41, 5.74) is 0.0396. The van der Waals surface area contributed by atoms with E-state index >= 15 is 0 Å². The van der Waals surface area contributed by atoms with Crippen LogP contribution in [0.1, 0.15) is 28.4 Å². The number of rotatable bonds is 4. The van der Waals surface area contributed by atoms with Gasteiger partial charge in [0.15, 0.2) is 0 Å². The second kappa shape index (κ2) is 5.25. The Morgan fingerprint density at radius 3 is 2.65 bits per heavy atom. The molecule has 17 heavy (non-hydrogen) atoms. The van der Waals surface area contributed by atoms with Gasteiger partial charge in [-0.1, -0.05) is 6.92 Å². The minimum Gasteiger partial charge on any atom is -0.478 e. The summed E-state index contributed by atoms with van der Waals surface area (Å²) in [6.45, 7) is -1.37. The van der Waals surface area contributed by atoms with Crippen LogP contribution in [0, 0.1) is 11.3 Å². The summed E-state index contributed by atoms with van der Waals surface area (Å²) in [6.07, 6.45) is 0.340. The fraction of sp³-hybridized carbons (Fsp3) is 0.273. The molecule has 0 amide bonds. The second-order valence-corrected chi connectivity index (χ2v) is 3.15. The zero-order chi connectivity index (χ0) is 13.0. The number of ether oxygens (including phenoxy) is 1. The highest BCUT2D eigenvalue weighted by molar-refractivity contribution is 5.90. The molecule has 1 aromatic carbocycles. The van der Waals surface area contributed by atoms with E-state index in [9.17, 15) is 13.6 Å². The summed E-state index contributed by atoms with van der Waals surface area (Å²) in [7, 11) is 0. The lowest BCUT2D eigenvalue weighted by atomic mass is 10.0. The Hall–Kier alpha value is -2.16. The number of benzene rings is 1. The van der Waals surface area contributed by atoms with Crippen molar-refractivity contribution in [2.24, 2.45) is 0 Å². The van der Waals surface area contributed by atoms with Crippen LogP contribution in [0.3, 0.4) is 0 Å². The van der Waals surface area contributed by atoms with Gasteiger partial charge in [-0.25, -0.2) is 4.79 Å². The minimum atomic E-state index is -3.05. The fourth-order valence-electron chi connectivity index (χ4n) is 1.39. The zero-order valence-electron chi connectivity index (χ0n) is 8.91. The number of aryl methyl sites for hydroxylation is 1. The second-order valence-electron chi connectivity index (χ2n) is 3.15. The maximum absolute atomic E-state index is 12.1. The van der Waals surface area contributed by atoms with Crippen LogP contribution in [0.25, 0.3) is 0 Å². The topological polar surface area (TPSA) is 70.3 Å². The smallest absolute Gasteiger partial charge is 0.387 e. The lowest BCUT2D eigenvalue weighted by Crippen LogP contribution is -2.08. The summed E-state index contributed by atoms with van der Waals surface area (Å²) < 4.78 is 28.3. The van der Waals surface area contributed by atoms with Gasteiger partial charge in [-0.3, -0.25) is 0 Å². The molecule has 0 unspecified atom stereocenters. The van der Waals surface area contributed by atoms with E-state index in [-0.39, 0.29) is 16.9 Å². The third kappa shape index (κ3) is 2.91. The van der Waals surface area contributed by atoms with E-state index in [0.717, 1.165) is 12.1 Å². The van der Waals surface area contributed by atoms with Gasteiger partial charge in [0.05, 0.1) is 11.1 Å². The summed E-state index contributed by atoms with van der Waals surface area (Å²) >= 11 is 0. The number of carboxylic acids is 1. The molecule has 1 rings (SSSR count). The third-order valence-electron chi connectivity index (χ3n) is 2.15. The van der Waals surface area contributed by atoms with Gasteiger partial charge in [-0.2, -0.15) is 14.0 Å². The SMILES string of the molecule is CCc1cc(OC(F)F)c(C#N)cc1C(=O)O. The van der Waals surface area contributed by atoms with Crippen molar-refractivity contribution in [1.29, 1.82) is 5.26 Å². The number of nitrogens with zero attached hydrogens (tertiary/aromatic N) is 1. The van der Waals surface area contributed by atoms with E-state index in [0.29, 0.717) is 12.0 Å². The molecule has 1 N–H and O–H groups in total. The van der Waals surface area contributed by atoms with Crippen LogP contribution in [0.2, 0.25) is 0 Å². The van der Waals surface area contributed by atoms with Crippen LogP contribution in [-0.2, 0) is 6.42 Å². The number of hydrogen-bond acceptors (Lipinski definition) is 3. The lowest BCUT2D eigenvalue weighted by Gasteiger charge is -2.10. The molecular formula is C11H9F2NO3. The van der Waals surface area contributed by atoms with E-state index < -0.39 is 12.6 Å². The normalized spacial score (nSPS) is 10.1. The first-order valence-corrected chi connectivity index (χ1v) is 4.74. The average molecular weight is 241 g/mol. The van der Waals surface area contributed by atoms with Gasteiger partial charge in [0.25, 0.3) is 0 Å². The molecule has 0 aromatic heterocycles. The number of alkyl halides is 2. The maximum Gasteiger partial charge on any atom is 0.387 e. The van der Waals surface area contributed by atoms with Crippen molar-refractivity contribution >= 4 is 5.97 Å². The maximum atomic E-state index is 12.1. The van der Waals surface area contributed by atoms with Crippen molar-refractivity contribution in [3.63, 3.8) is 0 Å². The highest BCUT2D eigenvalue weighted by Gasteiger charge is 2.16. The zero-order valence-corrected chi connectivity index (χ0v) is 8.91. The van der Waals surface area contributed by atoms with Crippen LogP contribution in [0.4, 0.5) is 8.78 Å². The quantitative estimate of drug-likeness (QED) is 0.878. The van der Waals surface area contributed by atoms with E-state index in [1.165, 1.54) is 0 Å². The van der Waals surface area contributed by atoms with Crippen LogP contribution < -0.4 is 4.74 Å². The lowest BCUT2D eigenvalue weighted by molar-refractivity contribution is -0.0500. The Kier molecular flexibility index (Phi) is 3.99. The predicted molar refractivity (Wildman–Crippen MR) is 54.1 cm³/mol. The Morgan fingerprint density at radius 2 is 2.24 bits per heavy atom. The summed E-state index contributed by atoms with van der Waals surface area (Å²) in [4.78, 5) is 10.9. The minimum absolute atomic E-state index is 0.0781. The molecule has 0 radical (unpaired) electrons. The van der Waals surface area contributed by atoms with E-state index in [4.69, 9.17) is 10.4 Å². The standard InChI is InChI=1S/C11H9F2NO3/c1-2-6-4-9(17-11(12)13)7(5-14)3-8(6)10(15)16/h3-4,11H,2H2,1H3,(H,15,16). The van der Waals surface area contributed by atoms with Crippen LogP contribution in [0.5, 0.6) is 5.75 Å². The summed E-state index contributed by atoms with van der Waals surface area (Å²) in [6, 6.07) is 3.83. The first-order chi connectivity index (χ1) is 7.99. The number of carboxylic acid groups (broad SMARTS) is 1. The molecule has 0 spiro atoms. The highest BCUT2D eigenvalue weighted by Crippen LogP contribution is 2.25. The average Bonchev–Trinajstić information content (AvgIpc) is 2.27. The van der Waals surface area contributed by atoms with E-state index in [1.807, 2.05) is 0 Å². The first kappa shape index (κ1) is 12.9. The van der Waals surface area contributed by atoms with Gasteiger partial charge in [0, 0.05) is 0 Å². The first-order valence-electron chi connectivity index (χ1n) is 4.74. The number of aromatic carboxylic acids is 1. The number of hydrogen-bond donors (Lipinski definition) is 1. The Morgan fingerprint density at radius 1 is 1.59 bits per heavy atom. The summed E-state index contributed by atoms with van der Waals surface area (Å²) in [5, 5.41) is 17.6. The van der Waals surface area contributed by atoms with Crippen molar-refractivity contribution < 1.29 is 23.4 Å². The molecule has 0 saturated carbocycles. The van der Waals surface area contributed by atoms with Crippen molar-refractivity contribution in [2.45, 2.75) is 20.0 Å². The number of carbonyl (C=O) groups is 1. The molecular weight excluding hydrogens is 232 g/mol. The summed E-state index contributed by atoms with van der Waals surface area (Å²) in [5.74, 6) is -1.51. The van der Waals surface area contributed by atoms with Crippen molar-refractivity contribution in [3.8, 4) is 11.8 Å². The van der Waals surface area contributed by atoms with E-state index in [2.05, 4.69) is 4.74 Å². The number of nitriles is 1. The van der Waals surface area contributed by atoms with Gasteiger partial charge in [-0.15, -0.1) is 0 Å². The Labute approximate surface area is 96.0 Å². The molecule has 90 valence electrons. The fourth-order valence-corrected chi connectivity index (χ4v) is 1.39. The molecule has 0 aliphatic heterocycles. The van der Waals surface area contributed by atoms with Gasteiger partial charge in [0.2, 0.25) is 0 Å². The van der Waals surface area contributed by atoms with E-state index in [1.54, 1.807) is 13.0 Å². The van der Waals surface area contributed by atoms with Gasteiger partial charge < -0.3 is 9.84 Å². The van der Waals surface area contributed by atoms with Gasteiger partial charge >= 0.3 is 12.6 Å². The largest absolute Gasteiger partial charge is 0.478 e. The highest BCUT2D eigenvalue weighted by atomic mass is 19.3. The Balaban J connectivity index is 3.34. The molecule has 0 atom stereocenters. The molecule has 0 fully saturated rings. The van der Waals surface area contributed by atoms with Crippen LogP contribution >= 0.6 is 0 Å². The van der Waals surface area contributed by atoms with Crippen molar-refractivity contribution in [2.75, 3.05) is 0 Å². The third-order valence-corrected chi connectivity index (χ3v) is 2.15. The molecule has 0 bridgehead atoms. The van der Waals surface area contributed by atoms with Crippen molar-refractivity contribution in [3.05, 3.63) is 28.8 Å². The van der Waals surface area contributed by atoms with Crippen LogP contribution in [-0.4, -0.2) is 17.7 Å². The molecule has 1 aromatic rings. The van der Waals surface area contributed by atoms with Gasteiger partial charge in [0.1, 0.15) is 11.8 Å². The predicted octanol–water partition coefficient (Wildman–Crippen LogP) is 2.42. The molecule has 0 saturated heterocycles.